The molecular weight excluding hydrogens is 806 g/mol. The molecule has 0 fully saturated rings. The van der Waals surface area contributed by atoms with Crippen molar-refractivity contribution < 1.29 is 37.3 Å². The van der Waals surface area contributed by atoms with Gasteiger partial charge in [0.15, 0.2) is 0 Å². The molecule has 0 spiro atoms. The summed E-state index contributed by atoms with van der Waals surface area (Å²) in [4.78, 5) is 23.0. The summed E-state index contributed by atoms with van der Waals surface area (Å²) in [6.45, 7) is 5.45. The van der Waals surface area contributed by atoms with Crippen LogP contribution in [0.3, 0.4) is 0 Å². The fourth-order valence-corrected chi connectivity index (χ4v) is 7.55. The summed E-state index contributed by atoms with van der Waals surface area (Å²) >= 11 is 0. The Morgan fingerprint density at radius 3 is 1.40 bits per heavy atom. The van der Waals surface area contributed by atoms with Crippen molar-refractivity contribution in [3.8, 4) is 0 Å². The number of unbranched alkanes of at least 4 members (excludes halogenated alkanes) is 21. The molecule has 0 saturated heterocycles. The molecule has 366 valence electrons. The van der Waals surface area contributed by atoms with Crippen LogP contribution in [0.2, 0.25) is 0 Å². The molecule has 0 aliphatic rings. The average molecular weight is 905 g/mol. The largest absolute Gasteiger partial charge is 0.472 e. The standard InChI is InChI=1S/C54H98NO7P/c1-6-8-10-12-14-16-18-20-22-24-26-28-29-31-33-35-37-39-41-43-45-47-54(56)62-53(52-61-63(57,58)60-50-48-55(3,4)5)51-59-49-46-44-42-40-38-36-34-32-30-27-25-23-21-19-17-15-13-11-9-7-2/h9,11,15,17,21,23-24,26-27,30,34,36,53H,6-8,10,12-14,16,18-20,22,25,28-29,31-33,35,37-52H2,1-5H3/p+1/b11-9-,17-15-,23-21-,26-24-,30-27-,36-34-. The monoisotopic (exact) mass is 905 g/mol. The number of hydrogen-bond acceptors (Lipinski definition) is 6. The number of ether oxygens (including phenoxy) is 2. The van der Waals surface area contributed by atoms with Crippen LogP contribution < -0.4 is 0 Å². The molecule has 0 heterocycles. The average Bonchev–Trinajstić information content (AvgIpc) is 3.24. The van der Waals surface area contributed by atoms with E-state index in [2.05, 4.69) is 86.8 Å². The van der Waals surface area contributed by atoms with E-state index in [1.54, 1.807) is 0 Å². The van der Waals surface area contributed by atoms with Gasteiger partial charge >= 0.3 is 13.8 Å². The molecule has 0 aromatic carbocycles. The maximum absolute atomic E-state index is 12.8. The number of rotatable bonds is 47. The first-order valence-electron chi connectivity index (χ1n) is 25.7. The minimum Gasteiger partial charge on any atom is -0.457 e. The lowest BCUT2D eigenvalue weighted by Crippen LogP contribution is -2.37. The second kappa shape index (κ2) is 46.5. The van der Waals surface area contributed by atoms with Crippen molar-refractivity contribution in [1.29, 1.82) is 0 Å². The molecule has 1 N–H and O–H groups in total. The summed E-state index contributed by atoms with van der Waals surface area (Å²) in [5.41, 5.74) is 0. The minimum absolute atomic E-state index is 0.0797. The lowest BCUT2D eigenvalue weighted by Gasteiger charge is -2.24. The van der Waals surface area contributed by atoms with Gasteiger partial charge in [0.05, 0.1) is 34.4 Å². The summed E-state index contributed by atoms with van der Waals surface area (Å²) in [6.07, 6.45) is 60.9. The molecule has 0 aromatic heterocycles. The lowest BCUT2D eigenvalue weighted by atomic mass is 10.1. The van der Waals surface area contributed by atoms with E-state index >= 15 is 0 Å². The molecule has 0 saturated carbocycles. The summed E-state index contributed by atoms with van der Waals surface area (Å²) in [5, 5.41) is 0. The Kier molecular flexibility index (Phi) is 44.9. The van der Waals surface area contributed by atoms with Gasteiger partial charge in [-0.25, -0.2) is 4.57 Å². The Morgan fingerprint density at radius 2 is 0.921 bits per heavy atom. The summed E-state index contributed by atoms with van der Waals surface area (Å²) in [7, 11) is 1.64. The number of hydrogen-bond donors (Lipinski definition) is 1. The third kappa shape index (κ3) is 50.8. The van der Waals surface area contributed by atoms with Crippen molar-refractivity contribution in [2.24, 2.45) is 0 Å². The summed E-state index contributed by atoms with van der Waals surface area (Å²) in [5.74, 6) is -0.326. The number of phosphoric acid groups is 1. The molecule has 63 heavy (non-hydrogen) atoms. The number of carbonyl (C=O) groups excluding carboxylic acids is 1. The Bertz CT molecular complexity index is 1230. The van der Waals surface area contributed by atoms with Gasteiger partial charge in [0, 0.05) is 13.0 Å². The first kappa shape index (κ1) is 60.9. The summed E-state index contributed by atoms with van der Waals surface area (Å²) < 4.78 is 35.1. The molecular formula is C54H99NO7P+. The predicted octanol–water partition coefficient (Wildman–Crippen LogP) is 15.8. The van der Waals surface area contributed by atoms with E-state index < -0.39 is 13.9 Å². The summed E-state index contributed by atoms with van der Waals surface area (Å²) in [6, 6.07) is 0. The normalized spacial score (nSPS) is 14.2. The number of carbonyl (C=O) groups is 1. The van der Waals surface area contributed by atoms with E-state index in [0.29, 0.717) is 24.1 Å². The smallest absolute Gasteiger partial charge is 0.457 e. The minimum atomic E-state index is -4.29. The third-order valence-corrected chi connectivity index (χ3v) is 11.7. The Labute approximate surface area is 389 Å². The molecule has 0 aliphatic carbocycles. The van der Waals surface area contributed by atoms with E-state index in [1.165, 1.54) is 103 Å². The van der Waals surface area contributed by atoms with Crippen LogP contribution in [-0.4, -0.2) is 75.6 Å². The predicted molar refractivity (Wildman–Crippen MR) is 270 cm³/mol. The third-order valence-electron chi connectivity index (χ3n) is 10.8. The zero-order valence-electron chi connectivity index (χ0n) is 41.5. The number of likely N-dealkylation sites (N-methyl/N-ethyl adjacent to an activating group) is 1. The molecule has 9 heteroatoms. The highest BCUT2D eigenvalue weighted by atomic mass is 31.2. The van der Waals surface area contributed by atoms with Crippen LogP contribution in [0.4, 0.5) is 0 Å². The van der Waals surface area contributed by atoms with Crippen molar-refractivity contribution in [3.63, 3.8) is 0 Å². The molecule has 2 atom stereocenters. The fourth-order valence-electron chi connectivity index (χ4n) is 6.81. The van der Waals surface area contributed by atoms with E-state index in [4.69, 9.17) is 18.5 Å². The van der Waals surface area contributed by atoms with Crippen LogP contribution >= 0.6 is 7.82 Å². The van der Waals surface area contributed by atoms with Crippen molar-refractivity contribution in [2.45, 2.75) is 213 Å². The molecule has 0 amide bonds. The lowest BCUT2D eigenvalue weighted by molar-refractivity contribution is -0.870. The molecule has 0 rings (SSSR count). The molecule has 0 aromatic rings. The first-order chi connectivity index (χ1) is 30.6. The van der Waals surface area contributed by atoms with Crippen LogP contribution in [0, 0.1) is 0 Å². The number of allylic oxidation sites excluding steroid dienone is 12. The topological polar surface area (TPSA) is 91.3 Å². The van der Waals surface area contributed by atoms with E-state index in [1.807, 2.05) is 21.1 Å². The van der Waals surface area contributed by atoms with Crippen LogP contribution in [-0.2, 0) is 27.9 Å². The first-order valence-corrected chi connectivity index (χ1v) is 27.2. The van der Waals surface area contributed by atoms with Crippen LogP contribution in [0.15, 0.2) is 72.9 Å². The van der Waals surface area contributed by atoms with Crippen molar-refractivity contribution in [1.82, 2.24) is 0 Å². The van der Waals surface area contributed by atoms with Gasteiger partial charge in [0.25, 0.3) is 0 Å². The number of esters is 1. The van der Waals surface area contributed by atoms with Crippen LogP contribution in [0.1, 0.15) is 206 Å². The van der Waals surface area contributed by atoms with Gasteiger partial charge in [-0.05, 0) is 83.5 Å². The second-order valence-electron chi connectivity index (χ2n) is 18.2. The van der Waals surface area contributed by atoms with Crippen LogP contribution in [0.25, 0.3) is 0 Å². The molecule has 8 nitrogen and oxygen atoms in total. The van der Waals surface area contributed by atoms with Gasteiger partial charge in [0.1, 0.15) is 19.3 Å². The molecule has 0 aliphatic heterocycles. The van der Waals surface area contributed by atoms with E-state index in [9.17, 15) is 14.3 Å². The SMILES string of the molecule is CC/C=C\C/C=C\C/C=C\C/C=C\C/C=C\CCCCCCOCC(COP(=O)(O)OCC[N+](C)(C)C)OC(=O)CCCCCCCCCCC/C=C\CCCCCCCCCC. The molecule has 0 bridgehead atoms. The van der Waals surface area contributed by atoms with E-state index in [-0.39, 0.29) is 25.8 Å². The van der Waals surface area contributed by atoms with Gasteiger partial charge in [-0.3, -0.25) is 13.8 Å². The maximum atomic E-state index is 12.8. The van der Waals surface area contributed by atoms with Crippen molar-refractivity contribution >= 4 is 13.8 Å². The zero-order valence-corrected chi connectivity index (χ0v) is 42.4. The van der Waals surface area contributed by atoms with Crippen molar-refractivity contribution in [2.75, 3.05) is 54.1 Å². The zero-order chi connectivity index (χ0) is 46.2. The maximum Gasteiger partial charge on any atom is 0.472 e. The highest BCUT2D eigenvalue weighted by molar-refractivity contribution is 7.47. The number of quaternary nitrogens is 1. The quantitative estimate of drug-likeness (QED) is 0.0214. The molecule has 0 radical (unpaired) electrons. The van der Waals surface area contributed by atoms with Gasteiger partial charge in [-0.15, -0.1) is 0 Å². The van der Waals surface area contributed by atoms with Gasteiger partial charge in [-0.2, -0.15) is 0 Å². The second-order valence-corrected chi connectivity index (χ2v) is 19.6. The van der Waals surface area contributed by atoms with Gasteiger partial charge < -0.3 is 18.9 Å². The Balaban J connectivity index is 4.21. The van der Waals surface area contributed by atoms with Gasteiger partial charge in [0.2, 0.25) is 0 Å². The highest BCUT2D eigenvalue weighted by Crippen LogP contribution is 2.43. The Morgan fingerprint density at radius 1 is 0.508 bits per heavy atom. The fraction of sp³-hybridized carbons (Fsp3) is 0.759. The number of phosphoric ester groups is 1. The van der Waals surface area contributed by atoms with Crippen LogP contribution in [0.5, 0.6) is 0 Å². The Hall–Kier alpha value is -2.06. The van der Waals surface area contributed by atoms with Crippen molar-refractivity contribution in [3.05, 3.63) is 72.9 Å². The number of nitrogens with zero attached hydrogens (tertiary/aromatic N) is 1. The highest BCUT2D eigenvalue weighted by Gasteiger charge is 2.26. The van der Waals surface area contributed by atoms with Gasteiger partial charge in [-0.1, -0.05) is 189 Å². The molecule has 2 unspecified atom stereocenters. The van der Waals surface area contributed by atoms with E-state index in [0.717, 1.165) is 83.5 Å².